The number of carbonyl (C=O) groups is 10. The lowest BCUT2D eigenvalue weighted by Crippen LogP contribution is -2.61. The van der Waals surface area contributed by atoms with Gasteiger partial charge in [-0.05, 0) is 86.1 Å². The van der Waals surface area contributed by atoms with Crippen LogP contribution in [-0.4, -0.2) is 198 Å². The summed E-state index contributed by atoms with van der Waals surface area (Å²) in [6.07, 6.45) is 5.72. The lowest BCUT2D eigenvalue weighted by molar-refractivity contribution is -0.145. The van der Waals surface area contributed by atoms with Crippen molar-refractivity contribution in [2.75, 3.05) is 32.8 Å². The number of hydrogen-bond donors (Lipinski definition) is 16. The summed E-state index contributed by atoms with van der Waals surface area (Å²) in [6.45, 7) is 7.41. The Kier molecular flexibility index (Phi) is 25.5. The number of aromatic hydroxyl groups is 1. The van der Waals surface area contributed by atoms with Crippen molar-refractivity contribution < 1.29 is 58.2 Å². The zero-order chi connectivity index (χ0) is 66.1. The molecule has 7 rings (SSSR count). The van der Waals surface area contributed by atoms with Crippen LogP contribution in [0.25, 0.3) is 10.9 Å². The normalized spacial score (nSPS) is 19.5. The summed E-state index contributed by atoms with van der Waals surface area (Å²) in [4.78, 5) is 159. The maximum absolute atomic E-state index is 14.8. The van der Waals surface area contributed by atoms with Gasteiger partial charge in [0.2, 0.25) is 59.1 Å². The first-order valence-corrected chi connectivity index (χ1v) is 31.7. The Bertz CT molecular complexity index is 3220. The van der Waals surface area contributed by atoms with Gasteiger partial charge in [-0.2, -0.15) is 25.3 Å². The van der Waals surface area contributed by atoms with Crippen LogP contribution in [0.5, 0.6) is 5.75 Å². The van der Waals surface area contributed by atoms with E-state index in [1.165, 1.54) is 41.7 Å². The van der Waals surface area contributed by atoms with Gasteiger partial charge < -0.3 is 84.0 Å². The molecule has 91 heavy (non-hydrogen) atoms. The molecule has 2 aromatic heterocycles. The van der Waals surface area contributed by atoms with Gasteiger partial charge in [-0.15, -0.1) is 0 Å². The topological polar surface area (TPSA) is 423 Å². The van der Waals surface area contributed by atoms with Crippen molar-refractivity contribution in [1.82, 2.24) is 67.3 Å². The van der Waals surface area contributed by atoms with Crippen molar-refractivity contribution in [1.29, 1.82) is 0 Å². The minimum Gasteiger partial charge on any atom is -0.508 e. The Balaban J connectivity index is 1.09. The molecule has 3 fully saturated rings. The van der Waals surface area contributed by atoms with Crippen LogP contribution in [-0.2, 0) is 67.2 Å². The summed E-state index contributed by atoms with van der Waals surface area (Å²) < 4.78 is 0. The number of aromatic nitrogens is 3. The molecular formula is C61H86N16O12S2. The average molecular weight is 1300 g/mol. The lowest BCUT2D eigenvalue weighted by Gasteiger charge is -2.32. The quantitative estimate of drug-likeness (QED) is 0.0123. The molecule has 494 valence electrons. The van der Waals surface area contributed by atoms with Crippen molar-refractivity contribution >= 4 is 101 Å². The third-order valence-corrected chi connectivity index (χ3v) is 17.4. The molecule has 0 bridgehead atoms. The highest BCUT2D eigenvalue weighted by Gasteiger charge is 2.43. The van der Waals surface area contributed by atoms with Crippen LogP contribution in [0.3, 0.4) is 0 Å². The van der Waals surface area contributed by atoms with Gasteiger partial charge in [-0.3, -0.25) is 52.9 Å². The number of carbonyl (C=O) groups excluding carboxylic acids is 10. The van der Waals surface area contributed by atoms with Crippen LogP contribution in [0.2, 0.25) is 0 Å². The molecule has 0 saturated carbocycles. The van der Waals surface area contributed by atoms with Gasteiger partial charge in [0.1, 0.15) is 60.1 Å². The first-order chi connectivity index (χ1) is 43.4. The second kappa shape index (κ2) is 33.1. The molecule has 0 spiro atoms. The van der Waals surface area contributed by atoms with Gasteiger partial charge in [0, 0.05) is 91.4 Å². The molecule has 0 radical (unpaired) electrons. The summed E-state index contributed by atoms with van der Waals surface area (Å²) >= 11 is 9.12. The summed E-state index contributed by atoms with van der Waals surface area (Å²) in [5.74, 6) is -7.53. The van der Waals surface area contributed by atoms with Crippen molar-refractivity contribution in [3.05, 3.63) is 84.1 Å². The van der Waals surface area contributed by atoms with Gasteiger partial charge in [0.15, 0.2) is 5.96 Å². The molecule has 16 N–H and O–H groups in total. The van der Waals surface area contributed by atoms with E-state index in [1.807, 2.05) is 33.8 Å². The Morgan fingerprint density at radius 1 is 0.703 bits per heavy atom. The number of aliphatic imine (C=N–C) groups is 1. The highest BCUT2D eigenvalue weighted by Crippen LogP contribution is 2.27. The first kappa shape index (κ1) is 70.1. The Morgan fingerprint density at radius 3 is 1.84 bits per heavy atom. The highest BCUT2D eigenvalue weighted by molar-refractivity contribution is 7.85. The maximum atomic E-state index is 14.8. The summed E-state index contributed by atoms with van der Waals surface area (Å²) in [6, 6.07) is 1.47. The third-order valence-electron chi connectivity index (χ3n) is 16.1. The number of guanidine groups is 1. The molecule has 5 heterocycles. The van der Waals surface area contributed by atoms with Gasteiger partial charge in [-0.25, -0.2) is 4.98 Å². The molecule has 3 aliphatic heterocycles. The van der Waals surface area contributed by atoms with E-state index in [4.69, 9.17) is 11.5 Å². The van der Waals surface area contributed by atoms with Crippen LogP contribution in [0.15, 0.2) is 72.2 Å². The standard InChI is InChI=1S/C61H86N16O12S2/c1-32(2)21-42(53(82)69-41(11-7-19-65-61(62)63)59(88)77-20-8-12-48(77)60(89)76-28-49(90)50(91)29-76)70-54(83)43(22-33(3)4)71-55(84)44(23-34-13-15-37(79)16-14-34)72-58(87)47(30-78)75-56(85)45(24-35-26-66-39-10-6-5-9-38(35)39)73-57(86)46(25-36-27-64-31-67-36)74-52(81)40-17-18-51(80)68-40/h5-6,9-10,13-16,26-27,31-33,40-50,66,78-79,90-91H,7-8,11-12,17-25,28-30H2,1-4H3,(H,64,67)(H,68,80)(H,69,82)(H,70,83)(H,71,84)(H,72,87)(H,73,86)(H,74,81)(H,75,85)(H4,62,63,65)/t40-,41-,42-,43+,44-,45-,46-,47-,48-,49-,50?/m0/s1. The molecule has 11 atom stereocenters. The number of imidazole rings is 1. The van der Waals surface area contributed by atoms with Crippen molar-refractivity contribution in [2.45, 2.75) is 163 Å². The zero-order valence-electron chi connectivity index (χ0n) is 51.5. The molecule has 0 aliphatic carbocycles. The molecule has 3 aliphatic rings. The Hall–Kier alpha value is -8.38. The number of benzene rings is 2. The molecule has 10 amide bonds. The van der Waals surface area contributed by atoms with Gasteiger partial charge in [0.05, 0.1) is 12.9 Å². The molecular weight excluding hydrogens is 1210 g/mol. The van der Waals surface area contributed by atoms with E-state index in [0.29, 0.717) is 48.1 Å². The summed E-state index contributed by atoms with van der Waals surface area (Å²) in [7, 11) is 0. The Labute approximate surface area is 538 Å². The number of phenolic OH excluding ortho intramolecular Hbond substituents is 1. The minimum atomic E-state index is -1.76. The fourth-order valence-corrected chi connectivity index (χ4v) is 11.9. The number of nitrogens with two attached hydrogens (primary N) is 2. The Morgan fingerprint density at radius 2 is 1.26 bits per heavy atom. The second-order valence-electron chi connectivity index (χ2n) is 24.3. The van der Waals surface area contributed by atoms with E-state index in [0.717, 1.165) is 5.52 Å². The van der Waals surface area contributed by atoms with Crippen LogP contribution < -0.4 is 54.0 Å². The summed E-state index contributed by atoms with van der Waals surface area (Å²) in [5, 5.41) is 43.0. The minimum absolute atomic E-state index is 0.0329. The number of aliphatic hydroxyl groups is 1. The summed E-state index contributed by atoms with van der Waals surface area (Å²) in [5.41, 5.74) is 13.4. The molecule has 1 unspecified atom stereocenters. The van der Waals surface area contributed by atoms with Crippen molar-refractivity contribution in [2.24, 2.45) is 28.3 Å². The zero-order valence-corrected chi connectivity index (χ0v) is 53.3. The van der Waals surface area contributed by atoms with Crippen molar-refractivity contribution in [3.63, 3.8) is 0 Å². The van der Waals surface area contributed by atoms with E-state index < -0.39 is 108 Å². The third kappa shape index (κ3) is 20.1. The van der Waals surface area contributed by atoms with Crippen LogP contribution in [0.4, 0.5) is 0 Å². The number of para-hydroxylation sites is 1. The second-order valence-corrected chi connectivity index (χ2v) is 25.6. The molecule has 30 heteroatoms. The largest absolute Gasteiger partial charge is 0.508 e. The van der Waals surface area contributed by atoms with Crippen molar-refractivity contribution in [3.8, 4) is 5.75 Å². The number of H-pyrrole nitrogens is 2. The number of rotatable bonds is 31. The van der Waals surface area contributed by atoms with Crippen LogP contribution in [0.1, 0.15) is 95.9 Å². The van der Waals surface area contributed by atoms with Crippen LogP contribution in [0, 0.1) is 11.8 Å². The fraction of sp³-hybridized carbons (Fsp3) is 0.541. The van der Waals surface area contributed by atoms with E-state index in [-0.39, 0.29) is 117 Å². The number of amides is 10. The predicted octanol–water partition coefficient (Wildman–Crippen LogP) is -1.14. The molecule has 3 saturated heterocycles. The van der Waals surface area contributed by atoms with E-state index >= 15 is 0 Å². The van der Waals surface area contributed by atoms with Gasteiger partial charge in [-0.1, -0.05) is 58.0 Å². The lowest BCUT2D eigenvalue weighted by atomic mass is 9.98. The van der Waals surface area contributed by atoms with Gasteiger partial charge >= 0.3 is 0 Å². The number of phenols is 1. The predicted molar refractivity (Wildman–Crippen MR) is 344 cm³/mol. The number of nitrogens with zero attached hydrogens (tertiary/aromatic N) is 4. The number of aliphatic hydroxyl groups excluding tert-OH is 1. The first-order valence-electron chi connectivity index (χ1n) is 30.7. The van der Waals surface area contributed by atoms with Crippen LogP contribution >= 0.6 is 25.3 Å². The number of nitrogens with one attached hydrogen (secondary N) is 10. The number of likely N-dealkylation sites (tertiary alicyclic amines) is 2. The molecule has 4 aromatic rings. The monoisotopic (exact) mass is 1300 g/mol. The average Bonchev–Trinajstić information content (AvgIpc) is 1.85. The van der Waals surface area contributed by atoms with E-state index in [9.17, 15) is 58.2 Å². The van der Waals surface area contributed by atoms with Gasteiger partial charge in [0.25, 0.3) is 0 Å². The number of aromatic amines is 2. The molecule has 28 nitrogen and oxygen atoms in total. The smallest absolute Gasteiger partial charge is 0.245 e. The molecule has 2 aromatic carbocycles. The number of hydrogen-bond acceptors (Lipinski definition) is 16. The number of thiol groups is 2. The maximum Gasteiger partial charge on any atom is 0.245 e. The highest BCUT2D eigenvalue weighted by atomic mass is 32.1. The SMILES string of the molecule is CC(C)C[C@H](NC(=O)[C@@H](CC(C)C)NC(=O)[C@H](Cc1ccc(O)cc1)NC(=O)[C@H](CO)NC(=O)[C@H](Cc1c[nH]c2ccccc12)NC(=O)[C@H](Cc1cnc[nH]1)NC(=O)[C@@H]1CCC(=O)N1)C(=O)N[C@@H](CCCN=C(N)N)C(=O)N1CCC[C@H]1C(=O)N1CC(S)[C@@H](S)C1. The number of fused-ring (bicyclic) bond motifs is 1. The van der Waals surface area contributed by atoms with E-state index in [2.05, 4.69) is 87.7 Å². The van der Waals surface area contributed by atoms with E-state index in [1.54, 1.807) is 29.3 Å². The fourth-order valence-electron chi connectivity index (χ4n) is 11.4.